The molecule has 1 aliphatic heterocycles. The number of carbonyl (C=O) groups excluding carboxylic acids is 1. The van der Waals surface area contributed by atoms with Crippen LogP contribution in [0, 0.1) is 11.8 Å². The molecule has 1 saturated carbocycles. The number of nitrogens with one attached hydrogen (secondary N) is 2. The van der Waals surface area contributed by atoms with E-state index in [1.165, 1.54) is 0 Å². The SMILES string of the molecule is CC1CCCC(NC(=O)C2CNC2)(C(=O)O)C1. The van der Waals surface area contributed by atoms with E-state index in [2.05, 4.69) is 10.6 Å². The Morgan fingerprint density at radius 3 is 2.59 bits per heavy atom. The summed E-state index contributed by atoms with van der Waals surface area (Å²) in [5, 5.41) is 15.2. The fourth-order valence-electron chi connectivity index (χ4n) is 2.72. The minimum atomic E-state index is -1.02. The lowest BCUT2D eigenvalue weighted by molar-refractivity contribution is -0.151. The molecule has 17 heavy (non-hydrogen) atoms. The van der Waals surface area contributed by atoms with Crippen LogP contribution in [0.3, 0.4) is 0 Å². The summed E-state index contributed by atoms with van der Waals surface area (Å²) in [6, 6.07) is 0. The number of hydrogen-bond acceptors (Lipinski definition) is 3. The molecule has 0 radical (unpaired) electrons. The molecule has 5 nitrogen and oxygen atoms in total. The van der Waals surface area contributed by atoms with Crippen LogP contribution >= 0.6 is 0 Å². The highest BCUT2D eigenvalue weighted by molar-refractivity contribution is 5.88. The molecule has 5 heteroatoms. The van der Waals surface area contributed by atoms with Crippen molar-refractivity contribution in [3.8, 4) is 0 Å². The van der Waals surface area contributed by atoms with Crippen LogP contribution in [0.4, 0.5) is 0 Å². The van der Waals surface area contributed by atoms with Gasteiger partial charge in [0, 0.05) is 13.1 Å². The number of rotatable bonds is 3. The molecule has 96 valence electrons. The predicted molar refractivity (Wildman–Crippen MR) is 62.5 cm³/mol. The van der Waals surface area contributed by atoms with E-state index in [-0.39, 0.29) is 11.8 Å². The van der Waals surface area contributed by atoms with E-state index < -0.39 is 11.5 Å². The van der Waals surface area contributed by atoms with Crippen molar-refractivity contribution >= 4 is 11.9 Å². The Kier molecular flexibility index (Phi) is 3.38. The van der Waals surface area contributed by atoms with Crippen molar-refractivity contribution in [3.63, 3.8) is 0 Å². The quantitative estimate of drug-likeness (QED) is 0.665. The summed E-state index contributed by atoms with van der Waals surface area (Å²) >= 11 is 0. The minimum Gasteiger partial charge on any atom is -0.480 e. The second-order valence-corrected chi connectivity index (χ2v) is 5.43. The first-order valence-electron chi connectivity index (χ1n) is 6.30. The van der Waals surface area contributed by atoms with E-state index >= 15 is 0 Å². The average molecular weight is 240 g/mol. The second kappa shape index (κ2) is 4.64. The Hall–Kier alpha value is -1.10. The van der Waals surface area contributed by atoms with E-state index in [9.17, 15) is 14.7 Å². The lowest BCUT2D eigenvalue weighted by atomic mass is 9.76. The zero-order valence-electron chi connectivity index (χ0n) is 10.2. The fraction of sp³-hybridized carbons (Fsp3) is 0.833. The summed E-state index contributed by atoms with van der Waals surface area (Å²) in [7, 11) is 0. The highest BCUT2D eigenvalue weighted by atomic mass is 16.4. The standard InChI is InChI=1S/C12H20N2O3/c1-8-3-2-4-12(5-8,11(16)17)14-10(15)9-6-13-7-9/h8-9,13H,2-7H2,1H3,(H,14,15)(H,16,17). The maximum absolute atomic E-state index is 11.9. The van der Waals surface area contributed by atoms with E-state index in [1.807, 2.05) is 6.92 Å². The van der Waals surface area contributed by atoms with Crippen LogP contribution in [0.5, 0.6) is 0 Å². The average Bonchev–Trinajstić information content (AvgIpc) is 2.13. The van der Waals surface area contributed by atoms with Gasteiger partial charge in [0.05, 0.1) is 5.92 Å². The molecule has 1 aliphatic carbocycles. The zero-order valence-corrected chi connectivity index (χ0v) is 10.2. The molecule has 0 bridgehead atoms. The summed E-state index contributed by atoms with van der Waals surface area (Å²) in [6.07, 6.45) is 3.03. The van der Waals surface area contributed by atoms with Gasteiger partial charge in [-0.1, -0.05) is 19.8 Å². The fourth-order valence-corrected chi connectivity index (χ4v) is 2.72. The van der Waals surface area contributed by atoms with Gasteiger partial charge in [-0.2, -0.15) is 0 Å². The number of carbonyl (C=O) groups is 2. The molecular formula is C12H20N2O3. The molecule has 0 aromatic rings. The largest absolute Gasteiger partial charge is 0.480 e. The third-order valence-corrected chi connectivity index (χ3v) is 3.92. The molecule has 0 aromatic carbocycles. The maximum atomic E-state index is 11.9. The van der Waals surface area contributed by atoms with Crippen LogP contribution < -0.4 is 10.6 Å². The van der Waals surface area contributed by atoms with Gasteiger partial charge in [-0.3, -0.25) is 4.79 Å². The van der Waals surface area contributed by atoms with E-state index in [4.69, 9.17) is 0 Å². The molecule has 3 N–H and O–H groups in total. The van der Waals surface area contributed by atoms with Crippen molar-refractivity contribution in [2.45, 2.75) is 38.1 Å². The lowest BCUT2D eigenvalue weighted by Crippen LogP contribution is -2.61. The first kappa shape index (κ1) is 12.4. The predicted octanol–water partition coefficient (Wildman–Crippen LogP) is 0.355. The van der Waals surface area contributed by atoms with E-state index in [0.29, 0.717) is 31.8 Å². The third kappa shape index (κ3) is 2.44. The number of hydrogen-bond donors (Lipinski definition) is 3. The summed E-state index contributed by atoms with van der Waals surface area (Å²) in [5.74, 6) is -0.687. The summed E-state index contributed by atoms with van der Waals surface area (Å²) in [6.45, 7) is 3.38. The normalized spacial score (nSPS) is 33.8. The molecule has 1 amide bonds. The molecule has 1 heterocycles. The van der Waals surface area contributed by atoms with Crippen LogP contribution in [-0.2, 0) is 9.59 Å². The van der Waals surface area contributed by atoms with E-state index in [0.717, 1.165) is 12.8 Å². The number of aliphatic carboxylic acids is 1. The van der Waals surface area contributed by atoms with Gasteiger partial charge in [0.2, 0.25) is 5.91 Å². The van der Waals surface area contributed by atoms with Crippen molar-refractivity contribution < 1.29 is 14.7 Å². The molecule has 2 atom stereocenters. The summed E-state index contributed by atoms with van der Waals surface area (Å²) in [5.41, 5.74) is -1.02. The van der Waals surface area contributed by atoms with Crippen molar-refractivity contribution in [1.82, 2.24) is 10.6 Å². The second-order valence-electron chi connectivity index (χ2n) is 5.43. The van der Waals surface area contributed by atoms with Crippen molar-refractivity contribution in [2.75, 3.05) is 13.1 Å². The Balaban J connectivity index is 2.05. The molecular weight excluding hydrogens is 220 g/mol. The molecule has 0 spiro atoms. The van der Waals surface area contributed by atoms with Gasteiger partial charge < -0.3 is 15.7 Å². The van der Waals surface area contributed by atoms with Gasteiger partial charge in [-0.25, -0.2) is 4.79 Å². The van der Waals surface area contributed by atoms with Gasteiger partial charge >= 0.3 is 5.97 Å². The highest BCUT2D eigenvalue weighted by Gasteiger charge is 2.44. The summed E-state index contributed by atoms with van der Waals surface area (Å²) < 4.78 is 0. The van der Waals surface area contributed by atoms with Gasteiger partial charge in [-0.05, 0) is 18.8 Å². The zero-order chi connectivity index (χ0) is 12.5. The smallest absolute Gasteiger partial charge is 0.329 e. The maximum Gasteiger partial charge on any atom is 0.329 e. The van der Waals surface area contributed by atoms with Crippen LogP contribution in [0.25, 0.3) is 0 Å². The molecule has 2 rings (SSSR count). The third-order valence-electron chi connectivity index (χ3n) is 3.92. The van der Waals surface area contributed by atoms with Crippen molar-refractivity contribution in [1.29, 1.82) is 0 Å². The van der Waals surface area contributed by atoms with Crippen LogP contribution in [0.2, 0.25) is 0 Å². The lowest BCUT2D eigenvalue weighted by Gasteiger charge is -2.39. The topological polar surface area (TPSA) is 78.4 Å². The summed E-state index contributed by atoms with van der Waals surface area (Å²) in [4.78, 5) is 23.4. The molecule has 2 aliphatic rings. The Bertz CT molecular complexity index is 328. The van der Waals surface area contributed by atoms with E-state index in [1.54, 1.807) is 0 Å². The first-order chi connectivity index (χ1) is 8.03. The molecule has 2 unspecified atom stereocenters. The number of amides is 1. The molecule has 2 fully saturated rings. The van der Waals surface area contributed by atoms with Crippen molar-refractivity contribution in [3.05, 3.63) is 0 Å². The molecule has 0 aromatic heterocycles. The Morgan fingerprint density at radius 1 is 1.41 bits per heavy atom. The number of carboxylic acid groups (broad SMARTS) is 1. The van der Waals surface area contributed by atoms with Gasteiger partial charge in [0.25, 0.3) is 0 Å². The minimum absolute atomic E-state index is 0.0524. The highest BCUT2D eigenvalue weighted by Crippen LogP contribution is 2.32. The monoisotopic (exact) mass is 240 g/mol. The molecule has 1 saturated heterocycles. The van der Waals surface area contributed by atoms with Gasteiger partial charge in [0.1, 0.15) is 5.54 Å². The Labute approximate surface area is 101 Å². The van der Waals surface area contributed by atoms with Crippen LogP contribution in [0.15, 0.2) is 0 Å². The van der Waals surface area contributed by atoms with Crippen molar-refractivity contribution in [2.24, 2.45) is 11.8 Å². The van der Waals surface area contributed by atoms with Crippen LogP contribution in [-0.4, -0.2) is 35.6 Å². The number of carboxylic acids is 1. The first-order valence-corrected chi connectivity index (χ1v) is 6.30. The van der Waals surface area contributed by atoms with Gasteiger partial charge in [0.15, 0.2) is 0 Å². The Morgan fingerprint density at radius 2 is 2.12 bits per heavy atom. The van der Waals surface area contributed by atoms with Crippen LogP contribution in [0.1, 0.15) is 32.6 Å². The van der Waals surface area contributed by atoms with Gasteiger partial charge in [-0.15, -0.1) is 0 Å².